The maximum absolute atomic E-state index is 5.60. The van der Waals surface area contributed by atoms with E-state index in [2.05, 4.69) is 24.9 Å². The first-order valence-corrected chi connectivity index (χ1v) is 5.10. The van der Waals surface area contributed by atoms with Gasteiger partial charge in [0.05, 0.1) is 6.61 Å². The van der Waals surface area contributed by atoms with Crippen molar-refractivity contribution in [1.82, 2.24) is 5.32 Å². The van der Waals surface area contributed by atoms with Crippen LogP contribution in [0.15, 0.2) is 35.6 Å². The number of rotatable bonds is 3. The molecule has 0 atom stereocenters. The zero-order valence-electron chi connectivity index (χ0n) is 9.10. The van der Waals surface area contributed by atoms with E-state index in [1.54, 1.807) is 0 Å². The van der Waals surface area contributed by atoms with Gasteiger partial charge in [0.15, 0.2) is 0 Å². The molecule has 0 unspecified atom stereocenters. The lowest BCUT2D eigenvalue weighted by molar-refractivity contribution is 0.193. The van der Waals surface area contributed by atoms with Gasteiger partial charge in [-0.05, 0) is 44.0 Å². The second-order valence-corrected chi connectivity index (χ2v) is 3.46. The summed E-state index contributed by atoms with van der Waals surface area (Å²) >= 11 is 0. The quantitative estimate of drug-likeness (QED) is 0.743. The van der Waals surface area contributed by atoms with Crippen molar-refractivity contribution in [2.45, 2.75) is 19.8 Å². The summed E-state index contributed by atoms with van der Waals surface area (Å²) < 4.78 is 5.60. The number of hydrogen-bond acceptors (Lipinski definition) is 2. The highest BCUT2D eigenvalue weighted by Crippen LogP contribution is 2.23. The monoisotopic (exact) mass is 193 g/mol. The van der Waals surface area contributed by atoms with E-state index in [0.29, 0.717) is 0 Å². The Hall–Kier alpha value is -1.02. The highest BCUT2D eigenvalue weighted by molar-refractivity contribution is 5.33. The summed E-state index contributed by atoms with van der Waals surface area (Å²) in [6, 6.07) is 0. The maximum Gasteiger partial charge on any atom is 0.122 e. The summed E-state index contributed by atoms with van der Waals surface area (Å²) in [5.41, 5.74) is 2.36. The second-order valence-electron chi connectivity index (χ2n) is 3.46. The molecule has 1 aliphatic rings. The molecule has 2 nitrogen and oxygen atoms in total. The van der Waals surface area contributed by atoms with Crippen molar-refractivity contribution in [2.24, 2.45) is 0 Å². The molecule has 1 heterocycles. The van der Waals surface area contributed by atoms with Gasteiger partial charge in [0.1, 0.15) is 5.76 Å². The van der Waals surface area contributed by atoms with Crippen molar-refractivity contribution < 1.29 is 4.74 Å². The molecule has 2 heteroatoms. The Kier molecular flexibility index (Phi) is 4.47. The molecule has 1 rings (SSSR count). The zero-order valence-corrected chi connectivity index (χ0v) is 9.10. The molecular formula is C12H19NO. The topological polar surface area (TPSA) is 21.3 Å². The Balaban J connectivity index is 2.68. The highest BCUT2D eigenvalue weighted by atomic mass is 16.5. The van der Waals surface area contributed by atoms with Crippen molar-refractivity contribution in [1.29, 1.82) is 0 Å². The fourth-order valence-corrected chi connectivity index (χ4v) is 1.55. The van der Waals surface area contributed by atoms with Crippen LogP contribution in [0.25, 0.3) is 0 Å². The summed E-state index contributed by atoms with van der Waals surface area (Å²) in [4.78, 5) is 0. The van der Waals surface area contributed by atoms with Crippen LogP contribution in [0, 0.1) is 0 Å². The summed E-state index contributed by atoms with van der Waals surface area (Å²) in [5.74, 6) is 0.999. The lowest BCUT2D eigenvalue weighted by Crippen LogP contribution is -2.11. The van der Waals surface area contributed by atoms with Gasteiger partial charge in [0, 0.05) is 6.54 Å². The van der Waals surface area contributed by atoms with Crippen LogP contribution in [0.2, 0.25) is 0 Å². The predicted molar refractivity (Wildman–Crippen MR) is 60.1 cm³/mol. The molecule has 0 aliphatic carbocycles. The molecule has 0 radical (unpaired) electrons. The van der Waals surface area contributed by atoms with E-state index in [0.717, 1.165) is 37.3 Å². The van der Waals surface area contributed by atoms with Crippen LogP contribution >= 0.6 is 0 Å². The van der Waals surface area contributed by atoms with Gasteiger partial charge in [-0.25, -0.2) is 0 Å². The minimum absolute atomic E-state index is 0.809. The molecule has 0 aromatic heterocycles. The van der Waals surface area contributed by atoms with E-state index >= 15 is 0 Å². The molecule has 0 amide bonds. The van der Waals surface area contributed by atoms with Gasteiger partial charge in [0.2, 0.25) is 0 Å². The van der Waals surface area contributed by atoms with Gasteiger partial charge in [-0.3, -0.25) is 0 Å². The lowest BCUT2D eigenvalue weighted by atomic mass is 10.0. The minimum Gasteiger partial charge on any atom is -0.493 e. The fraction of sp³-hybridized carbons (Fsp3) is 0.500. The van der Waals surface area contributed by atoms with Crippen LogP contribution in [0.4, 0.5) is 0 Å². The molecular weight excluding hydrogens is 174 g/mol. The molecule has 1 saturated heterocycles. The van der Waals surface area contributed by atoms with Gasteiger partial charge in [-0.2, -0.15) is 0 Å². The van der Waals surface area contributed by atoms with E-state index in [1.165, 1.54) is 5.57 Å². The largest absolute Gasteiger partial charge is 0.493 e. The number of likely N-dealkylation sites (N-methyl/N-ethyl adjacent to an activating group) is 1. The van der Waals surface area contributed by atoms with E-state index < -0.39 is 0 Å². The molecule has 0 spiro atoms. The van der Waals surface area contributed by atoms with Crippen LogP contribution < -0.4 is 5.32 Å². The van der Waals surface area contributed by atoms with Crippen LogP contribution in [-0.4, -0.2) is 20.2 Å². The van der Waals surface area contributed by atoms with Crippen LogP contribution in [-0.2, 0) is 4.74 Å². The molecule has 0 aromatic rings. The Bertz CT molecular complexity index is 263. The Morgan fingerprint density at radius 1 is 1.64 bits per heavy atom. The van der Waals surface area contributed by atoms with Gasteiger partial charge in [-0.1, -0.05) is 12.7 Å². The van der Waals surface area contributed by atoms with Gasteiger partial charge in [0.25, 0.3) is 0 Å². The van der Waals surface area contributed by atoms with E-state index in [1.807, 2.05) is 13.1 Å². The fourth-order valence-electron chi connectivity index (χ4n) is 1.55. The van der Waals surface area contributed by atoms with Crippen molar-refractivity contribution in [3.05, 3.63) is 35.6 Å². The van der Waals surface area contributed by atoms with Gasteiger partial charge < -0.3 is 10.1 Å². The highest BCUT2D eigenvalue weighted by Gasteiger charge is 2.11. The first-order valence-electron chi connectivity index (χ1n) is 5.10. The Morgan fingerprint density at radius 3 is 3.07 bits per heavy atom. The van der Waals surface area contributed by atoms with Crippen molar-refractivity contribution in [3.8, 4) is 0 Å². The molecule has 1 aliphatic heterocycles. The molecule has 0 bridgehead atoms. The second kappa shape index (κ2) is 5.66. The number of ether oxygens (including phenoxy) is 1. The third-order valence-corrected chi connectivity index (χ3v) is 2.25. The average molecular weight is 193 g/mol. The van der Waals surface area contributed by atoms with Crippen molar-refractivity contribution >= 4 is 0 Å². The summed E-state index contributed by atoms with van der Waals surface area (Å²) in [5, 5.41) is 3.07. The molecule has 0 aromatic carbocycles. The number of hydrogen-bond donors (Lipinski definition) is 1. The third kappa shape index (κ3) is 3.04. The predicted octanol–water partition coefficient (Wildman–Crippen LogP) is 2.40. The SMILES string of the molecule is C=C(/C=C1/OCCC/C1=C/C)CNC. The summed E-state index contributed by atoms with van der Waals surface area (Å²) in [7, 11) is 1.92. The summed E-state index contributed by atoms with van der Waals surface area (Å²) in [6.07, 6.45) is 6.40. The number of allylic oxidation sites excluding steroid dienone is 2. The standard InChI is InChI=1S/C12H19NO/c1-4-11-6-5-7-14-12(11)8-10(2)9-13-3/h4,8,13H,2,5-7,9H2,1,3H3/b11-4-,12-8+. The molecule has 78 valence electrons. The zero-order chi connectivity index (χ0) is 10.4. The normalized spacial score (nSPS) is 22.4. The van der Waals surface area contributed by atoms with E-state index in [4.69, 9.17) is 4.74 Å². The first kappa shape index (κ1) is 11.1. The van der Waals surface area contributed by atoms with Crippen LogP contribution in [0.3, 0.4) is 0 Å². The molecule has 14 heavy (non-hydrogen) atoms. The maximum atomic E-state index is 5.60. The Morgan fingerprint density at radius 2 is 2.43 bits per heavy atom. The minimum atomic E-state index is 0.809. The molecule has 1 N–H and O–H groups in total. The van der Waals surface area contributed by atoms with Gasteiger partial charge in [-0.15, -0.1) is 0 Å². The smallest absolute Gasteiger partial charge is 0.122 e. The Labute approximate surface area is 86.3 Å². The van der Waals surface area contributed by atoms with Crippen LogP contribution in [0.5, 0.6) is 0 Å². The van der Waals surface area contributed by atoms with Crippen molar-refractivity contribution in [2.75, 3.05) is 20.2 Å². The van der Waals surface area contributed by atoms with Crippen molar-refractivity contribution in [3.63, 3.8) is 0 Å². The van der Waals surface area contributed by atoms with Gasteiger partial charge >= 0.3 is 0 Å². The molecule has 0 saturated carbocycles. The molecule has 1 fully saturated rings. The van der Waals surface area contributed by atoms with E-state index in [9.17, 15) is 0 Å². The average Bonchev–Trinajstić information content (AvgIpc) is 2.19. The number of nitrogens with one attached hydrogen (secondary N) is 1. The first-order chi connectivity index (χ1) is 6.77. The van der Waals surface area contributed by atoms with E-state index in [-0.39, 0.29) is 0 Å². The lowest BCUT2D eigenvalue weighted by Gasteiger charge is -2.19. The van der Waals surface area contributed by atoms with Crippen LogP contribution in [0.1, 0.15) is 19.8 Å². The summed E-state index contributed by atoms with van der Waals surface area (Å²) in [6.45, 7) is 7.65. The third-order valence-electron chi connectivity index (χ3n) is 2.25.